The maximum Gasteiger partial charge on any atom is 0.255 e. The zero-order valence-electron chi connectivity index (χ0n) is 20.2. The maximum atomic E-state index is 13.6. The van der Waals surface area contributed by atoms with Crippen LogP contribution in [0.3, 0.4) is 0 Å². The molecule has 5 rings (SSSR count). The van der Waals surface area contributed by atoms with E-state index in [0.717, 1.165) is 62.9 Å². The monoisotopic (exact) mass is 448 g/mol. The van der Waals surface area contributed by atoms with Crippen molar-refractivity contribution in [2.45, 2.75) is 40.0 Å². The second-order valence-electron chi connectivity index (χ2n) is 10.8. The first kappa shape index (κ1) is 22.3. The number of aromatic nitrogens is 1. The maximum absolute atomic E-state index is 13.6. The Hall–Kier alpha value is -2.47. The normalized spacial score (nSPS) is 25.3. The molecule has 3 aliphatic rings. The number of hydrogen-bond donors (Lipinski definition) is 0. The molecule has 4 heterocycles. The predicted molar refractivity (Wildman–Crippen MR) is 130 cm³/mol. The highest BCUT2D eigenvalue weighted by Crippen LogP contribution is 2.58. The summed E-state index contributed by atoms with van der Waals surface area (Å²) >= 11 is 0. The molecular formula is C27H36N4O2. The summed E-state index contributed by atoms with van der Waals surface area (Å²) < 4.78 is 0. The van der Waals surface area contributed by atoms with Crippen molar-refractivity contribution in [3.8, 4) is 0 Å². The minimum Gasteiger partial charge on any atom is -0.342 e. The topological polar surface area (TPSA) is 56.8 Å². The molecule has 3 fully saturated rings. The molecule has 0 N–H and O–H groups in total. The zero-order valence-corrected chi connectivity index (χ0v) is 20.2. The molecule has 2 aromatic rings. The first-order valence-electron chi connectivity index (χ1n) is 12.5. The highest BCUT2D eigenvalue weighted by Gasteiger charge is 2.64. The Morgan fingerprint density at radius 3 is 2.55 bits per heavy atom. The lowest BCUT2D eigenvalue weighted by Gasteiger charge is -2.47. The van der Waals surface area contributed by atoms with Crippen LogP contribution in [0.5, 0.6) is 0 Å². The summed E-state index contributed by atoms with van der Waals surface area (Å²) in [5.41, 5.74) is 1.25. The predicted octanol–water partition coefficient (Wildman–Crippen LogP) is 3.67. The van der Waals surface area contributed by atoms with Crippen molar-refractivity contribution in [3.05, 3.63) is 42.1 Å². The molecule has 2 spiro atoms. The quantitative estimate of drug-likeness (QED) is 0.716. The number of fused-ring (bicyclic) bond motifs is 2. The van der Waals surface area contributed by atoms with Gasteiger partial charge in [0.15, 0.2) is 0 Å². The fourth-order valence-electron chi connectivity index (χ4n) is 6.75. The molecule has 2 amide bonds. The molecule has 3 aliphatic heterocycles. The summed E-state index contributed by atoms with van der Waals surface area (Å²) in [7, 11) is 0. The Kier molecular flexibility index (Phi) is 5.68. The highest BCUT2D eigenvalue weighted by atomic mass is 16.2. The van der Waals surface area contributed by atoms with Crippen molar-refractivity contribution in [3.63, 3.8) is 0 Å². The van der Waals surface area contributed by atoms with Gasteiger partial charge in [-0.3, -0.25) is 14.6 Å². The zero-order chi connectivity index (χ0) is 23.2. The van der Waals surface area contributed by atoms with Gasteiger partial charge in [-0.15, -0.1) is 0 Å². The van der Waals surface area contributed by atoms with Crippen LogP contribution in [0.15, 0.2) is 36.5 Å². The van der Waals surface area contributed by atoms with E-state index in [2.05, 4.69) is 35.6 Å². The molecule has 6 heteroatoms. The Morgan fingerprint density at radius 1 is 1.09 bits per heavy atom. The molecule has 176 valence electrons. The number of amides is 2. The summed E-state index contributed by atoms with van der Waals surface area (Å²) in [6.07, 6.45) is 4.46. The van der Waals surface area contributed by atoms with Crippen LogP contribution in [0.25, 0.3) is 10.9 Å². The number of nitrogens with zero attached hydrogens (tertiary/aromatic N) is 4. The number of carbonyl (C=O) groups excluding carboxylic acids is 2. The third-order valence-corrected chi connectivity index (χ3v) is 8.39. The minimum atomic E-state index is -0.280. The number of carbonyl (C=O) groups is 2. The van der Waals surface area contributed by atoms with Crippen LogP contribution < -0.4 is 0 Å². The van der Waals surface area contributed by atoms with Gasteiger partial charge in [0, 0.05) is 62.8 Å². The largest absolute Gasteiger partial charge is 0.342 e. The van der Waals surface area contributed by atoms with E-state index in [1.54, 1.807) is 6.20 Å². The van der Waals surface area contributed by atoms with E-state index in [-0.39, 0.29) is 16.7 Å². The van der Waals surface area contributed by atoms with Crippen molar-refractivity contribution >= 4 is 22.7 Å². The van der Waals surface area contributed by atoms with E-state index in [1.807, 2.05) is 35.2 Å². The molecule has 3 saturated heterocycles. The Morgan fingerprint density at radius 2 is 1.85 bits per heavy atom. The van der Waals surface area contributed by atoms with Gasteiger partial charge in [0.05, 0.1) is 16.5 Å². The van der Waals surface area contributed by atoms with Gasteiger partial charge in [-0.05, 0) is 44.2 Å². The smallest absolute Gasteiger partial charge is 0.255 e. The Labute approximate surface area is 196 Å². The summed E-state index contributed by atoms with van der Waals surface area (Å²) in [6.45, 7) is 12.6. The van der Waals surface area contributed by atoms with Crippen molar-refractivity contribution in [2.24, 2.45) is 16.7 Å². The summed E-state index contributed by atoms with van der Waals surface area (Å²) in [4.78, 5) is 38.0. The molecular weight excluding hydrogens is 412 g/mol. The standard InChI is InChI=1S/C27H36N4O2/c1-4-30-14-11-27(25(30)33)19-29(17-20(2)3)18-26(27)9-12-31(13-10-26)24(32)22-15-21-7-5-6-8-23(21)28-16-22/h5-8,15-16,20H,4,9-14,17-19H2,1-3H3. The second kappa shape index (κ2) is 8.39. The van der Waals surface area contributed by atoms with Gasteiger partial charge in [-0.2, -0.15) is 0 Å². The first-order valence-corrected chi connectivity index (χ1v) is 12.5. The van der Waals surface area contributed by atoms with Gasteiger partial charge < -0.3 is 14.7 Å². The Balaban J connectivity index is 1.36. The number of pyridine rings is 1. The molecule has 6 nitrogen and oxygen atoms in total. The van der Waals surface area contributed by atoms with Gasteiger partial charge in [0.1, 0.15) is 0 Å². The molecule has 0 saturated carbocycles. The van der Waals surface area contributed by atoms with Gasteiger partial charge in [-0.1, -0.05) is 32.0 Å². The Bertz CT molecular complexity index is 1060. The van der Waals surface area contributed by atoms with Crippen molar-refractivity contribution in [1.29, 1.82) is 0 Å². The summed E-state index contributed by atoms with van der Waals surface area (Å²) in [6, 6.07) is 9.86. The third-order valence-electron chi connectivity index (χ3n) is 8.39. The number of benzene rings is 1. The fourth-order valence-corrected chi connectivity index (χ4v) is 6.75. The third kappa shape index (κ3) is 3.63. The number of para-hydroxylation sites is 1. The average Bonchev–Trinajstić information content (AvgIpc) is 3.29. The molecule has 33 heavy (non-hydrogen) atoms. The van der Waals surface area contributed by atoms with Gasteiger partial charge >= 0.3 is 0 Å². The van der Waals surface area contributed by atoms with Crippen LogP contribution in [-0.2, 0) is 4.79 Å². The minimum absolute atomic E-state index is 0.0265. The van der Waals surface area contributed by atoms with E-state index < -0.39 is 0 Å². The number of likely N-dealkylation sites (tertiary alicyclic amines) is 3. The lowest BCUT2D eigenvalue weighted by molar-refractivity contribution is -0.141. The van der Waals surface area contributed by atoms with E-state index in [4.69, 9.17) is 0 Å². The van der Waals surface area contributed by atoms with Crippen LogP contribution >= 0.6 is 0 Å². The van der Waals surface area contributed by atoms with Crippen molar-refractivity contribution in [1.82, 2.24) is 19.7 Å². The summed E-state index contributed by atoms with van der Waals surface area (Å²) in [5.74, 6) is 0.995. The highest BCUT2D eigenvalue weighted by molar-refractivity contribution is 5.97. The van der Waals surface area contributed by atoms with E-state index in [9.17, 15) is 9.59 Å². The van der Waals surface area contributed by atoms with E-state index >= 15 is 0 Å². The van der Waals surface area contributed by atoms with E-state index in [0.29, 0.717) is 30.5 Å². The SMILES string of the molecule is CCN1CCC2(CN(CC(C)C)CC23CCN(C(=O)c2cnc4ccccc4c2)CC3)C1=O. The first-order chi connectivity index (χ1) is 15.9. The number of piperidine rings is 1. The van der Waals surface area contributed by atoms with Crippen LogP contribution in [-0.4, -0.2) is 77.3 Å². The number of rotatable bonds is 4. The van der Waals surface area contributed by atoms with Crippen LogP contribution in [0.2, 0.25) is 0 Å². The molecule has 1 aromatic heterocycles. The van der Waals surface area contributed by atoms with Crippen molar-refractivity contribution in [2.75, 3.05) is 45.8 Å². The fraction of sp³-hybridized carbons (Fsp3) is 0.593. The summed E-state index contributed by atoms with van der Waals surface area (Å²) in [5, 5.41) is 0.993. The van der Waals surface area contributed by atoms with Gasteiger partial charge in [0.25, 0.3) is 5.91 Å². The lowest BCUT2D eigenvalue weighted by atomic mass is 9.60. The molecule has 1 aromatic carbocycles. The van der Waals surface area contributed by atoms with Crippen LogP contribution in [0.1, 0.15) is 50.4 Å². The van der Waals surface area contributed by atoms with Gasteiger partial charge in [0.2, 0.25) is 5.91 Å². The molecule has 0 radical (unpaired) electrons. The molecule has 1 unspecified atom stereocenters. The molecule has 0 bridgehead atoms. The molecule has 0 aliphatic carbocycles. The molecule has 1 atom stereocenters. The number of hydrogen-bond acceptors (Lipinski definition) is 4. The average molecular weight is 449 g/mol. The van der Waals surface area contributed by atoms with E-state index in [1.165, 1.54) is 0 Å². The second-order valence-corrected chi connectivity index (χ2v) is 10.8. The van der Waals surface area contributed by atoms with Gasteiger partial charge in [-0.25, -0.2) is 0 Å². The van der Waals surface area contributed by atoms with Crippen LogP contribution in [0, 0.1) is 16.7 Å². The lowest BCUT2D eigenvalue weighted by Crippen LogP contribution is -2.53. The van der Waals surface area contributed by atoms with Crippen molar-refractivity contribution < 1.29 is 9.59 Å². The van der Waals surface area contributed by atoms with Crippen LogP contribution in [0.4, 0.5) is 0 Å².